The molecule has 3 amide bonds. The van der Waals surface area contributed by atoms with Crippen molar-refractivity contribution in [2.24, 2.45) is 5.92 Å². The quantitative estimate of drug-likeness (QED) is 0.373. The van der Waals surface area contributed by atoms with Gasteiger partial charge in [-0.1, -0.05) is 61.9 Å². The molecule has 42 heavy (non-hydrogen) atoms. The average molecular weight is 573 g/mol. The van der Waals surface area contributed by atoms with Crippen molar-refractivity contribution in [2.45, 2.75) is 83.0 Å². The second-order valence-electron chi connectivity index (χ2n) is 12.2. The summed E-state index contributed by atoms with van der Waals surface area (Å²) in [6, 6.07) is 15.7. The van der Waals surface area contributed by atoms with Gasteiger partial charge in [0.15, 0.2) is 0 Å². The first-order valence-corrected chi connectivity index (χ1v) is 15.4. The van der Waals surface area contributed by atoms with Crippen molar-refractivity contribution in [3.8, 4) is 0 Å². The Labute approximate surface area is 249 Å². The molecular weight excluding hydrogens is 528 g/mol. The number of anilines is 1. The number of piperazine rings is 1. The van der Waals surface area contributed by atoms with E-state index < -0.39 is 17.7 Å². The molecule has 8 heteroatoms. The summed E-state index contributed by atoms with van der Waals surface area (Å²) >= 11 is 0. The van der Waals surface area contributed by atoms with Crippen LogP contribution in [-0.4, -0.2) is 69.9 Å². The molecule has 2 aromatic rings. The predicted octanol–water partition coefficient (Wildman–Crippen LogP) is 4.02. The molecule has 8 nitrogen and oxygen atoms in total. The molecule has 0 bridgehead atoms. The van der Waals surface area contributed by atoms with Gasteiger partial charge >= 0.3 is 0 Å². The fourth-order valence-electron chi connectivity index (χ4n) is 6.64. The van der Waals surface area contributed by atoms with E-state index in [1.165, 1.54) is 23.6 Å². The number of amides is 3. The highest BCUT2D eigenvalue weighted by Crippen LogP contribution is 2.36. The molecule has 2 atom stereocenters. The van der Waals surface area contributed by atoms with Crippen LogP contribution in [0.25, 0.3) is 0 Å². The molecular formula is C34H44N4O4. The Balaban J connectivity index is 1.19. The van der Waals surface area contributed by atoms with Crippen molar-refractivity contribution in [2.75, 3.05) is 25.0 Å². The van der Waals surface area contributed by atoms with Gasteiger partial charge in [0.2, 0.25) is 17.7 Å². The number of unbranched alkanes of at least 4 members (excludes halogenated alkanes) is 1. The van der Waals surface area contributed by atoms with Gasteiger partial charge in [-0.05, 0) is 73.3 Å². The number of rotatable bonds is 10. The van der Waals surface area contributed by atoms with Crippen LogP contribution in [0.4, 0.5) is 5.69 Å². The Hall–Kier alpha value is -3.49. The van der Waals surface area contributed by atoms with Gasteiger partial charge in [0.25, 0.3) is 0 Å². The summed E-state index contributed by atoms with van der Waals surface area (Å²) in [5.41, 5.74) is 3.58. The molecule has 0 saturated carbocycles. The first kappa shape index (κ1) is 30.0. The summed E-state index contributed by atoms with van der Waals surface area (Å²) < 4.78 is 0. The number of nitrogens with one attached hydrogen (secondary N) is 2. The summed E-state index contributed by atoms with van der Waals surface area (Å²) in [4.78, 5) is 42.8. The minimum Gasteiger partial charge on any atom is -0.390 e. The van der Waals surface area contributed by atoms with E-state index in [2.05, 4.69) is 46.7 Å². The fourth-order valence-corrected chi connectivity index (χ4v) is 6.64. The van der Waals surface area contributed by atoms with Crippen LogP contribution in [0.1, 0.15) is 69.1 Å². The SMILES string of the molecule is CCCCN1C(=O)[C@@H]([C@H](O)C2CC=CC2)NC(=O)C12CCN(Cc1ccc(Cc3ccc(NC(C)=O)cc3)cc1)CC2. The molecule has 2 heterocycles. The van der Waals surface area contributed by atoms with Crippen molar-refractivity contribution >= 4 is 23.4 Å². The van der Waals surface area contributed by atoms with Gasteiger partial charge in [-0.2, -0.15) is 0 Å². The van der Waals surface area contributed by atoms with Crippen LogP contribution >= 0.6 is 0 Å². The van der Waals surface area contributed by atoms with Crippen LogP contribution in [0, 0.1) is 5.92 Å². The van der Waals surface area contributed by atoms with Gasteiger partial charge in [-0.3, -0.25) is 19.3 Å². The summed E-state index contributed by atoms with van der Waals surface area (Å²) in [7, 11) is 0. The fraction of sp³-hybridized carbons (Fsp3) is 0.500. The molecule has 3 aliphatic rings. The maximum Gasteiger partial charge on any atom is 0.248 e. The highest BCUT2D eigenvalue weighted by atomic mass is 16.3. The van der Waals surface area contributed by atoms with E-state index in [4.69, 9.17) is 0 Å². The molecule has 2 saturated heterocycles. The van der Waals surface area contributed by atoms with Gasteiger partial charge in [0.1, 0.15) is 11.6 Å². The zero-order valence-electron chi connectivity index (χ0n) is 24.9. The summed E-state index contributed by atoms with van der Waals surface area (Å²) in [5.74, 6) is -0.337. The molecule has 0 unspecified atom stereocenters. The van der Waals surface area contributed by atoms with E-state index in [9.17, 15) is 19.5 Å². The van der Waals surface area contributed by atoms with E-state index >= 15 is 0 Å². The third kappa shape index (κ3) is 6.60. The van der Waals surface area contributed by atoms with Crippen LogP contribution in [-0.2, 0) is 27.3 Å². The molecule has 2 aliphatic heterocycles. The minimum absolute atomic E-state index is 0.0230. The molecule has 3 N–H and O–H groups in total. The summed E-state index contributed by atoms with van der Waals surface area (Å²) in [6.45, 7) is 6.39. The van der Waals surface area contributed by atoms with Crippen molar-refractivity contribution in [1.29, 1.82) is 0 Å². The summed E-state index contributed by atoms with van der Waals surface area (Å²) in [5, 5.41) is 16.8. The topological polar surface area (TPSA) is 102 Å². The Bertz CT molecular complexity index is 1270. The Morgan fingerprint density at radius 3 is 2.19 bits per heavy atom. The van der Waals surface area contributed by atoms with Gasteiger partial charge in [0.05, 0.1) is 6.10 Å². The van der Waals surface area contributed by atoms with E-state index in [1.807, 2.05) is 41.3 Å². The van der Waals surface area contributed by atoms with Gasteiger partial charge in [-0.25, -0.2) is 0 Å². The van der Waals surface area contributed by atoms with Crippen molar-refractivity contribution < 1.29 is 19.5 Å². The number of benzene rings is 2. The van der Waals surface area contributed by atoms with Gasteiger partial charge in [-0.15, -0.1) is 0 Å². The van der Waals surface area contributed by atoms with Crippen LogP contribution in [0.15, 0.2) is 60.7 Å². The Morgan fingerprint density at radius 2 is 1.60 bits per heavy atom. The van der Waals surface area contributed by atoms with E-state index in [1.54, 1.807) is 0 Å². The lowest BCUT2D eigenvalue weighted by atomic mass is 9.79. The number of nitrogens with zero attached hydrogens (tertiary/aromatic N) is 2. The monoisotopic (exact) mass is 572 g/mol. The highest BCUT2D eigenvalue weighted by molar-refractivity contribution is 6.00. The lowest BCUT2D eigenvalue weighted by Crippen LogP contribution is -2.75. The number of carbonyl (C=O) groups excluding carboxylic acids is 3. The molecule has 224 valence electrons. The van der Waals surface area contributed by atoms with Crippen molar-refractivity contribution in [3.05, 3.63) is 77.4 Å². The van der Waals surface area contributed by atoms with E-state index in [0.29, 0.717) is 19.4 Å². The largest absolute Gasteiger partial charge is 0.390 e. The number of carbonyl (C=O) groups is 3. The number of hydrogen-bond donors (Lipinski definition) is 3. The standard InChI is InChI=1S/C34H44N4O4/c1-3-4-19-38-32(41)30(31(40)28-7-5-6-8-28)36-33(42)34(38)17-20-37(21-18-34)23-27-11-9-25(10-12-27)22-26-13-15-29(16-14-26)35-24(2)39/h5-6,9-16,28,30-31,40H,3-4,7-8,17-23H2,1-2H3,(H,35,39)(H,36,42)/t30-,31-/m1/s1. The first-order valence-electron chi connectivity index (χ1n) is 15.4. The Kier molecular flexibility index (Phi) is 9.43. The summed E-state index contributed by atoms with van der Waals surface area (Å²) in [6.07, 6.45) is 8.46. The number of hydrogen-bond acceptors (Lipinski definition) is 5. The number of likely N-dealkylation sites (tertiary alicyclic amines) is 1. The van der Waals surface area contributed by atoms with Crippen LogP contribution in [0.2, 0.25) is 0 Å². The first-order chi connectivity index (χ1) is 20.3. The van der Waals surface area contributed by atoms with E-state index in [-0.39, 0.29) is 23.6 Å². The number of piperidine rings is 1. The zero-order chi connectivity index (χ0) is 29.7. The highest BCUT2D eigenvalue weighted by Gasteiger charge is 2.55. The maximum absolute atomic E-state index is 13.7. The third-order valence-electron chi connectivity index (χ3n) is 9.16. The van der Waals surface area contributed by atoms with Crippen LogP contribution in [0.5, 0.6) is 0 Å². The van der Waals surface area contributed by atoms with Crippen LogP contribution < -0.4 is 10.6 Å². The Morgan fingerprint density at radius 1 is 1.00 bits per heavy atom. The van der Waals surface area contributed by atoms with Gasteiger partial charge in [0, 0.05) is 38.8 Å². The van der Waals surface area contributed by atoms with Crippen LogP contribution in [0.3, 0.4) is 0 Å². The van der Waals surface area contributed by atoms with Crippen molar-refractivity contribution in [3.63, 3.8) is 0 Å². The molecule has 2 aromatic carbocycles. The zero-order valence-corrected chi connectivity index (χ0v) is 24.9. The molecule has 1 spiro atoms. The molecule has 5 rings (SSSR count). The molecule has 2 fully saturated rings. The number of aliphatic hydroxyl groups is 1. The normalized spacial score (nSPS) is 21.5. The lowest BCUT2D eigenvalue weighted by Gasteiger charge is -2.52. The second kappa shape index (κ2) is 13.2. The molecule has 0 radical (unpaired) electrons. The maximum atomic E-state index is 13.7. The smallest absolute Gasteiger partial charge is 0.248 e. The minimum atomic E-state index is -0.871. The molecule has 1 aliphatic carbocycles. The number of allylic oxidation sites excluding steroid dienone is 2. The van der Waals surface area contributed by atoms with Crippen molar-refractivity contribution in [1.82, 2.24) is 15.1 Å². The average Bonchev–Trinajstić information content (AvgIpc) is 3.53. The van der Waals surface area contributed by atoms with Gasteiger partial charge < -0.3 is 20.6 Å². The molecule has 0 aromatic heterocycles. The number of aliphatic hydroxyl groups excluding tert-OH is 1. The third-order valence-corrected chi connectivity index (χ3v) is 9.16. The lowest BCUT2D eigenvalue weighted by molar-refractivity contribution is -0.165. The predicted molar refractivity (Wildman–Crippen MR) is 164 cm³/mol. The van der Waals surface area contributed by atoms with E-state index in [0.717, 1.165) is 57.4 Å². The second-order valence-corrected chi connectivity index (χ2v) is 12.2.